The van der Waals surface area contributed by atoms with Crippen LogP contribution in [-0.4, -0.2) is 55.5 Å². The molecule has 0 saturated carbocycles. The first-order chi connectivity index (χ1) is 17.9. The fourth-order valence-corrected chi connectivity index (χ4v) is 8.28. The summed E-state index contributed by atoms with van der Waals surface area (Å²) in [5.41, 5.74) is 2.27. The molecule has 0 spiro atoms. The summed E-state index contributed by atoms with van der Waals surface area (Å²) in [5.74, 6) is -0.0784. The molecule has 1 aliphatic heterocycles. The van der Waals surface area contributed by atoms with E-state index in [2.05, 4.69) is 14.9 Å². The normalized spacial score (nSPS) is 15.3. The highest BCUT2D eigenvalue weighted by atomic mass is 32.2. The first-order valence-corrected chi connectivity index (χ1v) is 15.6. The van der Waals surface area contributed by atoms with Crippen molar-refractivity contribution in [2.75, 3.05) is 30.5 Å². The Hall–Kier alpha value is -2.73. The van der Waals surface area contributed by atoms with Gasteiger partial charge in [0.1, 0.15) is 9.22 Å². The number of esters is 1. The quantitative estimate of drug-likeness (QED) is 0.279. The number of thiophene rings is 1. The van der Waals surface area contributed by atoms with Gasteiger partial charge in [0.05, 0.1) is 29.4 Å². The number of rotatable bonds is 9. The largest absolute Gasteiger partial charge is 0.466 e. The summed E-state index contributed by atoms with van der Waals surface area (Å²) in [6.07, 6.45) is 3.54. The summed E-state index contributed by atoms with van der Waals surface area (Å²) in [5, 5.41) is 3.57. The summed E-state index contributed by atoms with van der Waals surface area (Å²) in [6.45, 7) is 6.95. The predicted molar refractivity (Wildman–Crippen MR) is 149 cm³/mol. The van der Waals surface area contributed by atoms with Gasteiger partial charge in [0, 0.05) is 29.5 Å². The number of hydrogen-bond donors (Lipinski definition) is 1. The minimum atomic E-state index is -3.65. The van der Waals surface area contributed by atoms with E-state index < -0.39 is 10.0 Å². The maximum atomic E-state index is 13.3. The van der Waals surface area contributed by atoms with E-state index in [9.17, 15) is 13.2 Å². The Balaban J connectivity index is 1.34. The van der Waals surface area contributed by atoms with E-state index in [-0.39, 0.29) is 11.9 Å². The van der Waals surface area contributed by atoms with E-state index in [1.807, 2.05) is 44.3 Å². The van der Waals surface area contributed by atoms with Crippen molar-refractivity contribution >= 4 is 55.3 Å². The fraction of sp³-hybridized carbons (Fsp3) is 0.385. The topological polar surface area (TPSA) is 95.6 Å². The number of hydrogen-bond acceptors (Lipinski definition) is 8. The van der Waals surface area contributed by atoms with Gasteiger partial charge in [-0.15, -0.1) is 22.7 Å². The van der Waals surface area contributed by atoms with Crippen LogP contribution in [0.3, 0.4) is 0 Å². The van der Waals surface area contributed by atoms with E-state index in [0.29, 0.717) is 23.0 Å². The number of anilines is 1. The Kier molecular flexibility index (Phi) is 7.66. The summed E-state index contributed by atoms with van der Waals surface area (Å²) < 4.78 is 33.6. The van der Waals surface area contributed by atoms with E-state index in [1.165, 1.54) is 15.6 Å². The summed E-state index contributed by atoms with van der Waals surface area (Å²) >= 11 is 2.85. The number of aromatic nitrogens is 2. The molecule has 196 valence electrons. The molecule has 1 N–H and O–H groups in total. The average Bonchev–Trinajstić information content (AvgIpc) is 3.66. The average molecular weight is 559 g/mol. The second-order valence-electron chi connectivity index (χ2n) is 8.96. The monoisotopic (exact) mass is 558 g/mol. The van der Waals surface area contributed by atoms with Crippen LogP contribution in [-0.2, 0) is 26.1 Å². The summed E-state index contributed by atoms with van der Waals surface area (Å²) in [6, 6.07) is 11.1. The molecule has 0 amide bonds. The molecule has 11 heteroatoms. The van der Waals surface area contributed by atoms with Gasteiger partial charge in [-0.2, -0.15) is 0 Å². The Bertz CT molecular complexity index is 1470. The van der Waals surface area contributed by atoms with Crippen LogP contribution in [0, 0.1) is 5.92 Å². The lowest BCUT2D eigenvalue weighted by atomic mass is 9.97. The zero-order valence-corrected chi connectivity index (χ0v) is 23.3. The smallest absolute Gasteiger partial charge is 0.309 e. The number of H-pyrrole nitrogens is 1. The number of fused-ring (bicyclic) bond motifs is 1. The number of nitrogens with one attached hydrogen (secondary N) is 1. The van der Waals surface area contributed by atoms with Crippen molar-refractivity contribution in [2.24, 2.45) is 5.92 Å². The van der Waals surface area contributed by atoms with Crippen LogP contribution in [0.2, 0.25) is 0 Å². The van der Waals surface area contributed by atoms with Gasteiger partial charge in [-0.25, -0.2) is 13.4 Å². The summed E-state index contributed by atoms with van der Waals surface area (Å²) in [4.78, 5) is 23.6. The number of sulfonamides is 1. The van der Waals surface area contributed by atoms with Crippen molar-refractivity contribution in [3.8, 4) is 10.7 Å². The highest BCUT2D eigenvalue weighted by Crippen LogP contribution is 2.35. The molecule has 1 aliphatic rings. The molecule has 0 aliphatic carbocycles. The van der Waals surface area contributed by atoms with Gasteiger partial charge in [0.25, 0.3) is 10.0 Å². The molecule has 4 heterocycles. The van der Waals surface area contributed by atoms with Crippen molar-refractivity contribution in [1.29, 1.82) is 0 Å². The van der Waals surface area contributed by atoms with E-state index in [1.54, 1.807) is 28.8 Å². The number of benzene rings is 1. The number of carbonyl (C=O) groups excluding carboxylic acids is 1. The molecular formula is C26H30N4O4S3. The first kappa shape index (κ1) is 25.9. The van der Waals surface area contributed by atoms with Crippen molar-refractivity contribution in [3.63, 3.8) is 0 Å². The van der Waals surface area contributed by atoms with Crippen molar-refractivity contribution in [2.45, 2.75) is 37.4 Å². The summed E-state index contributed by atoms with van der Waals surface area (Å²) in [7, 11) is -3.65. The van der Waals surface area contributed by atoms with E-state index in [0.717, 1.165) is 59.0 Å². The molecular weight excluding hydrogens is 529 g/mol. The van der Waals surface area contributed by atoms with E-state index >= 15 is 0 Å². The van der Waals surface area contributed by atoms with Gasteiger partial charge in [0.2, 0.25) is 0 Å². The molecule has 0 unspecified atom stereocenters. The standard InChI is InChI=1S/C26H30N4O4S3/c1-3-30(37(32,33)23-9-6-14-35-23)22-8-5-7-19-15-21(28-24(19)22)25-27-16-20(36-25)17-29-12-10-18(11-13-29)26(31)34-4-2/h5-9,14-16,18,28H,3-4,10-13,17H2,1-2H3. The SMILES string of the molecule is CCOC(=O)C1CCN(Cc2cnc(-c3cc4cccc(N(CC)S(=O)(=O)c5cccs5)c4[nH]3)s2)CC1. The van der Waals surface area contributed by atoms with Crippen LogP contribution in [0.4, 0.5) is 5.69 Å². The third-order valence-corrected chi connectivity index (χ3v) is 10.9. The Morgan fingerprint density at radius 3 is 2.73 bits per heavy atom. The molecule has 3 aromatic heterocycles. The molecule has 8 nitrogen and oxygen atoms in total. The Morgan fingerprint density at radius 1 is 1.22 bits per heavy atom. The van der Waals surface area contributed by atoms with Crippen LogP contribution in [0.25, 0.3) is 21.6 Å². The highest BCUT2D eigenvalue weighted by molar-refractivity contribution is 7.94. The number of piperidine rings is 1. The van der Waals surface area contributed by atoms with Crippen molar-refractivity contribution in [1.82, 2.24) is 14.9 Å². The first-order valence-electron chi connectivity index (χ1n) is 12.4. The van der Waals surface area contributed by atoms with Crippen molar-refractivity contribution in [3.05, 3.63) is 52.9 Å². The van der Waals surface area contributed by atoms with E-state index in [4.69, 9.17) is 4.74 Å². The third-order valence-electron chi connectivity index (χ3n) is 6.60. The fourth-order valence-electron chi connectivity index (χ4n) is 4.76. The van der Waals surface area contributed by atoms with Gasteiger partial charge in [-0.05, 0) is 63.4 Å². The maximum absolute atomic E-state index is 13.3. The van der Waals surface area contributed by atoms with Gasteiger partial charge in [0.15, 0.2) is 0 Å². The second-order valence-corrected chi connectivity index (χ2v) is 13.1. The number of nitrogens with zero attached hydrogens (tertiary/aromatic N) is 3. The molecule has 0 atom stereocenters. The van der Waals surface area contributed by atoms with Crippen LogP contribution in [0.1, 0.15) is 31.6 Å². The Labute approximate surface area is 225 Å². The molecule has 5 rings (SSSR count). The van der Waals surface area contributed by atoms with Crippen LogP contribution < -0.4 is 4.31 Å². The number of thiazole rings is 1. The maximum Gasteiger partial charge on any atom is 0.309 e. The van der Waals surface area contributed by atoms with Gasteiger partial charge in [-0.3, -0.25) is 14.0 Å². The van der Waals surface area contributed by atoms with Crippen LogP contribution in [0.15, 0.2) is 52.2 Å². The molecule has 37 heavy (non-hydrogen) atoms. The zero-order valence-electron chi connectivity index (χ0n) is 20.8. The molecule has 0 radical (unpaired) electrons. The number of likely N-dealkylation sites (tertiary alicyclic amines) is 1. The van der Waals surface area contributed by atoms with Gasteiger partial charge < -0.3 is 9.72 Å². The molecule has 4 aromatic rings. The number of aromatic amines is 1. The van der Waals surface area contributed by atoms with Crippen molar-refractivity contribution < 1.29 is 17.9 Å². The number of ether oxygens (including phenoxy) is 1. The lowest BCUT2D eigenvalue weighted by molar-refractivity contribution is -0.149. The Morgan fingerprint density at radius 2 is 2.03 bits per heavy atom. The zero-order chi connectivity index (χ0) is 26.0. The highest BCUT2D eigenvalue weighted by Gasteiger charge is 2.28. The van der Waals surface area contributed by atoms with Crippen LogP contribution >= 0.6 is 22.7 Å². The lowest BCUT2D eigenvalue weighted by Gasteiger charge is -2.30. The number of carbonyl (C=O) groups is 1. The molecule has 1 saturated heterocycles. The molecule has 0 bridgehead atoms. The minimum absolute atomic E-state index is 0.0000766. The minimum Gasteiger partial charge on any atom is -0.466 e. The lowest BCUT2D eigenvalue weighted by Crippen LogP contribution is -2.36. The third kappa shape index (κ3) is 5.31. The molecule has 1 fully saturated rings. The predicted octanol–water partition coefficient (Wildman–Crippen LogP) is 5.34. The van der Waals surface area contributed by atoms with Gasteiger partial charge >= 0.3 is 5.97 Å². The number of para-hydroxylation sites is 1. The molecule has 1 aromatic carbocycles. The van der Waals surface area contributed by atoms with Crippen LogP contribution in [0.5, 0.6) is 0 Å². The van der Waals surface area contributed by atoms with Gasteiger partial charge in [-0.1, -0.05) is 18.2 Å². The second kappa shape index (κ2) is 10.9.